The van der Waals surface area contributed by atoms with Gasteiger partial charge in [0, 0.05) is 38.5 Å². The number of amides is 1. The molecule has 2 aliphatic rings. The number of methoxy groups -OCH3 is 2. The van der Waals surface area contributed by atoms with Gasteiger partial charge in [0.2, 0.25) is 5.91 Å². The molecule has 1 aromatic carbocycles. The number of nitrogens with zero attached hydrogens (tertiary/aromatic N) is 3. The van der Waals surface area contributed by atoms with Crippen LogP contribution in [0.15, 0.2) is 12.1 Å². The third-order valence-electron chi connectivity index (χ3n) is 5.77. The van der Waals surface area contributed by atoms with Gasteiger partial charge in [0.1, 0.15) is 0 Å². The monoisotopic (exact) mass is 385 g/mol. The zero-order valence-corrected chi connectivity index (χ0v) is 16.5. The number of H-pyrrole nitrogens is 1. The maximum atomic E-state index is 12.5. The number of benzene rings is 1. The predicted molar refractivity (Wildman–Crippen MR) is 103 cm³/mol. The molecule has 0 saturated heterocycles. The zero-order chi connectivity index (χ0) is 19.5. The lowest BCUT2D eigenvalue weighted by molar-refractivity contribution is -0.125. The van der Waals surface area contributed by atoms with E-state index in [1.165, 1.54) is 11.1 Å². The predicted octanol–water partition coefficient (Wildman–Crippen LogP) is 1.10. The average molecular weight is 385 g/mol. The molecule has 1 aliphatic carbocycles. The highest BCUT2D eigenvalue weighted by atomic mass is 16.5. The summed E-state index contributed by atoms with van der Waals surface area (Å²) in [5.74, 6) is 1.67. The van der Waals surface area contributed by atoms with Gasteiger partial charge in [0.05, 0.1) is 25.6 Å². The first-order valence-corrected chi connectivity index (χ1v) is 9.80. The van der Waals surface area contributed by atoms with Gasteiger partial charge in [-0.1, -0.05) is 0 Å². The van der Waals surface area contributed by atoms with Gasteiger partial charge in [-0.15, -0.1) is 0 Å². The normalized spacial score (nSPS) is 18.9. The number of carbonyl (C=O) groups excluding carboxylic acids is 1. The Morgan fingerprint density at radius 3 is 2.71 bits per heavy atom. The van der Waals surface area contributed by atoms with Gasteiger partial charge in [0.25, 0.3) is 0 Å². The van der Waals surface area contributed by atoms with Crippen molar-refractivity contribution in [3.63, 3.8) is 0 Å². The Labute approximate surface area is 164 Å². The van der Waals surface area contributed by atoms with Gasteiger partial charge in [-0.05, 0) is 42.5 Å². The van der Waals surface area contributed by atoms with Crippen LogP contribution in [0, 0.1) is 5.92 Å². The molecule has 28 heavy (non-hydrogen) atoms. The number of hydrogen-bond acceptors (Lipinski definition) is 6. The summed E-state index contributed by atoms with van der Waals surface area (Å²) < 4.78 is 10.8. The van der Waals surface area contributed by atoms with Gasteiger partial charge in [-0.25, -0.2) is 0 Å². The van der Waals surface area contributed by atoms with Crippen molar-refractivity contribution in [3.8, 4) is 11.5 Å². The van der Waals surface area contributed by atoms with Crippen LogP contribution in [0.5, 0.6) is 11.5 Å². The van der Waals surface area contributed by atoms with Crippen LogP contribution in [-0.4, -0.2) is 60.1 Å². The summed E-state index contributed by atoms with van der Waals surface area (Å²) in [5.41, 5.74) is 4.51. The molecule has 8 heteroatoms. The largest absolute Gasteiger partial charge is 0.493 e. The number of aromatic amines is 1. The molecular weight excluding hydrogens is 358 g/mol. The summed E-state index contributed by atoms with van der Waals surface area (Å²) >= 11 is 0. The quantitative estimate of drug-likeness (QED) is 0.774. The summed E-state index contributed by atoms with van der Waals surface area (Å²) in [7, 11) is 3.32. The van der Waals surface area contributed by atoms with E-state index in [1.807, 2.05) is 0 Å². The minimum atomic E-state index is -0.00333. The minimum Gasteiger partial charge on any atom is -0.493 e. The number of fused-ring (bicyclic) bond motifs is 2. The summed E-state index contributed by atoms with van der Waals surface area (Å²) in [6.07, 6.45) is 3.31. The Kier molecular flexibility index (Phi) is 5.47. The topological polar surface area (TPSA) is 92.4 Å². The first-order valence-electron chi connectivity index (χ1n) is 9.80. The molecule has 2 N–H and O–H groups in total. The summed E-state index contributed by atoms with van der Waals surface area (Å²) in [6.45, 7) is 3.33. The summed E-state index contributed by atoms with van der Waals surface area (Å²) in [5, 5.41) is 14.0. The van der Waals surface area contributed by atoms with E-state index in [2.05, 4.69) is 37.8 Å². The van der Waals surface area contributed by atoms with E-state index in [0.29, 0.717) is 13.0 Å². The standard InChI is InChI=1S/C20H27N5O3/c1-27-18-10-13-5-7-25(12-15(13)11-19(18)28-2)8-6-21-20(26)14-3-4-16-17(9-14)23-24-22-16/h10-11,14H,3-9,12H2,1-2H3,(H,21,26)(H,22,23,24). The van der Waals surface area contributed by atoms with Gasteiger partial charge >= 0.3 is 0 Å². The molecule has 2 aromatic rings. The van der Waals surface area contributed by atoms with Crippen molar-refractivity contribution in [2.45, 2.75) is 32.2 Å². The van der Waals surface area contributed by atoms with E-state index in [-0.39, 0.29) is 11.8 Å². The van der Waals surface area contributed by atoms with Crippen LogP contribution in [0.2, 0.25) is 0 Å². The number of aromatic nitrogens is 3. The fourth-order valence-corrected chi connectivity index (χ4v) is 4.12. The van der Waals surface area contributed by atoms with Gasteiger partial charge in [-0.3, -0.25) is 9.69 Å². The first kappa shape index (κ1) is 18.7. The number of aryl methyl sites for hydroxylation is 1. The minimum absolute atomic E-state index is 0.00333. The van der Waals surface area contributed by atoms with E-state index < -0.39 is 0 Å². The molecule has 2 heterocycles. The second-order valence-corrected chi connectivity index (χ2v) is 7.45. The molecule has 8 nitrogen and oxygen atoms in total. The molecule has 0 fully saturated rings. The van der Waals surface area contributed by atoms with E-state index >= 15 is 0 Å². The molecule has 0 spiro atoms. The van der Waals surface area contributed by atoms with Gasteiger partial charge in [-0.2, -0.15) is 15.4 Å². The second-order valence-electron chi connectivity index (χ2n) is 7.45. The molecule has 0 bridgehead atoms. The molecule has 1 unspecified atom stereocenters. The molecule has 1 aliphatic heterocycles. The number of hydrogen-bond donors (Lipinski definition) is 2. The van der Waals surface area contributed by atoms with Crippen molar-refractivity contribution in [2.24, 2.45) is 5.92 Å². The zero-order valence-electron chi connectivity index (χ0n) is 16.5. The van der Waals surface area contributed by atoms with E-state index in [9.17, 15) is 4.79 Å². The van der Waals surface area contributed by atoms with Crippen molar-refractivity contribution in [1.82, 2.24) is 25.6 Å². The summed E-state index contributed by atoms with van der Waals surface area (Å²) in [6, 6.07) is 4.14. The maximum absolute atomic E-state index is 12.5. The van der Waals surface area contributed by atoms with Gasteiger partial charge in [0.15, 0.2) is 11.5 Å². The van der Waals surface area contributed by atoms with Crippen molar-refractivity contribution < 1.29 is 14.3 Å². The number of rotatable bonds is 6. The smallest absolute Gasteiger partial charge is 0.223 e. The van der Waals surface area contributed by atoms with Crippen LogP contribution in [0.3, 0.4) is 0 Å². The van der Waals surface area contributed by atoms with Crippen molar-refractivity contribution >= 4 is 5.91 Å². The molecular formula is C20H27N5O3. The lowest BCUT2D eigenvalue weighted by Crippen LogP contribution is -2.40. The number of nitrogens with one attached hydrogen (secondary N) is 2. The van der Waals surface area contributed by atoms with Crippen molar-refractivity contribution in [3.05, 3.63) is 34.6 Å². The first-order chi connectivity index (χ1) is 13.7. The Hall–Kier alpha value is -2.61. The van der Waals surface area contributed by atoms with Crippen molar-refractivity contribution in [1.29, 1.82) is 0 Å². The van der Waals surface area contributed by atoms with Crippen LogP contribution in [-0.2, 0) is 30.6 Å². The average Bonchev–Trinajstić information content (AvgIpc) is 3.20. The number of ether oxygens (including phenoxy) is 2. The van der Waals surface area contributed by atoms with E-state index in [1.54, 1.807) is 14.2 Å². The third-order valence-corrected chi connectivity index (χ3v) is 5.77. The Morgan fingerprint density at radius 1 is 1.18 bits per heavy atom. The maximum Gasteiger partial charge on any atom is 0.223 e. The van der Waals surface area contributed by atoms with Crippen LogP contribution >= 0.6 is 0 Å². The fourth-order valence-electron chi connectivity index (χ4n) is 4.12. The van der Waals surface area contributed by atoms with Crippen molar-refractivity contribution in [2.75, 3.05) is 33.9 Å². The number of carbonyl (C=O) groups is 1. The highest BCUT2D eigenvalue weighted by molar-refractivity contribution is 5.79. The highest BCUT2D eigenvalue weighted by Crippen LogP contribution is 2.33. The Balaban J connectivity index is 1.28. The third kappa shape index (κ3) is 3.82. The molecule has 0 saturated carbocycles. The van der Waals surface area contributed by atoms with Crippen LogP contribution in [0.4, 0.5) is 0 Å². The lowest BCUT2D eigenvalue weighted by Gasteiger charge is -2.29. The lowest BCUT2D eigenvalue weighted by atomic mass is 9.89. The van der Waals surface area contributed by atoms with Gasteiger partial charge < -0.3 is 14.8 Å². The van der Waals surface area contributed by atoms with Crippen LogP contribution < -0.4 is 14.8 Å². The molecule has 150 valence electrons. The van der Waals surface area contributed by atoms with Crippen LogP contribution in [0.25, 0.3) is 0 Å². The molecule has 1 aromatic heterocycles. The summed E-state index contributed by atoms with van der Waals surface area (Å²) in [4.78, 5) is 14.9. The van der Waals surface area contributed by atoms with Crippen LogP contribution in [0.1, 0.15) is 28.9 Å². The van der Waals surface area contributed by atoms with E-state index in [4.69, 9.17) is 9.47 Å². The Morgan fingerprint density at radius 2 is 1.93 bits per heavy atom. The highest BCUT2D eigenvalue weighted by Gasteiger charge is 2.27. The fraction of sp³-hybridized carbons (Fsp3) is 0.550. The molecule has 0 radical (unpaired) electrons. The Bertz CT molecular complexity index is 850. The molecule has 4 rings (SSSR count). The van der Waals surface area contributed by atoms with E-state index in [0.717, 1.165) is 61.8 Å². The second kappa shape index (κ2) is 8.18. The molecule has 1 amide bonds. The molecule has 1 atom stereocenters. The SMILES string of the molecule is COc1cc2c(cc1OC)CN(CCNC(=O)C1CCc3n[nH]nc3C1)CC2.